The molecule has 0 spiro atoms. The van der Waals surface area contributed by atoms with Gasteiger partial charge in [0, 0.05) is 70.4 Å². The van der Waals surface area contributed by atoms with Crippen LogP contribution in [0.1, 0.15) is 128 Å². The fourth-order valence-corrected chi connectivity index (χ4v) is 12.9. The Hall–Kier alpha value is -7.17. The van der Waals surface area contributed by atoms with Gasteiger partial charge in [-0.15, -0.1) is 0 Å². The normalized spacial score (nSPS) is 19.6. The van der Waals surface area contributed by atoms with Crippen molar-refractivity contribution in [3.05, 3.63) is 125 Å². The van der Waals surface area contributed by atoms with Crippen LogP contribution < -0.4 is 25.2 Å². The topological polar surface area (TPSA) is 164 Å². The number of anilines is 3. The van der Waals surface area contributed by atoms with Crippen LogP contribution in [0.2, 0.25) is 0 Å². The number of imidazole rings is 1. The highest BCUT2D eigenvalue weighted by atomic mass is 32.1. The summed E-state index contributed by atoms with van der Waals surface area (Å²) in [5.74, 6) is 2.27. The standard InChI is InChI=1S/C62H71N9O6S/c1-38(36-69-31-33-70(34-32-69)61-64-50-35-42(21-26-51(50)68(61)6)45-25-28-55(72)66-57(45)73)17-18-40-19-22-43(23-20-40)76-52-15-10-12-44(39(52)2)46-24-27-54(65-56(46)59(75)77-62(3,4)5)71-30-29-41-11-9-13-47(48(41)37-71)58(74)67-60-63-49-14-7-8-16-53(49)78-60/h7-16,21,24,26-27,35,38,40,43,45H,17-20,22-23,25,28-34,36-37H2,1-6H3,(H,63,67,74)(H,66,72,73)/t38-,40?,43?,45?/m0/s1. The second kappa shape index (κ2) is 22.3. The van der Waals surface area contributed by atoms with E-state index in [4.69, 9.17) is 19.4 Å². The van der Waals surface area contributed by atoms with Gasteiger partial charge >= 0.3 is 5.97 Å². The Labute approximate surface area is 460 Å². The van der Waals surface area contributed by atoms with Crippen molar-refractivity contribution in [1.82, 2.24) is 29.7 Å². The molecule has 1 aliphatic carbocycles. The Bertz CT molecular complexity index is 3370. The molecule has 0 bridgehead atoms. The molecule has 0 radical (unpaired) electrons. The first-order valence-electron chi connectivity index (χ1n) is 27.9. The van der Waals surface area contributed by atoms with Gasteiger partial charge in [-0.25, -0.2) is 19.7 Å². The van der Waals surface area contributed by atoms with Gasteiger partial charge in [0.25, 0.3) is 5.91 Å². The number of fused-ring (bicyclic) bond motifs is 3. The van der Waals surface area contributed by atoms with E-state index in [1.807, 2.05) is 99.6 Å². The minimum absolute atomic E-state index is 0.119. The summed E-state index contributed by atoms with van der Waals surface area (Å²) < 4.78 is 16.0. The predicted octanol–water partition coefficient (Wildman–Crippen LogP) is 11.0. The zero-order valence-corrected chi connectivity index (χ0v) is 46.6. The lowest BCUT2D eigenvalue weighted by Gasteiger charge is -2.36. The molecule has 16 heteroatoms. The molecule has 3 amide bonds. The summed E-state index contributed by atoms with van der Waals surface area (Å²) in [5, 5.41) is 6.09. The number of aromatic nitrogens is 4. The first-order chi connectivity index (χ1) is 37.6. The van der Waals surface area contributed by atoms with Crippen LogP contribution in [0.5, 0.6) is 5.75 Å². The number of thiazole rings is 1. The van der Waals surface area contributed by atoms with Gasteiger partial charge in [0.15, 0.2) is 10.8 Å². The number of hydrogen-bond donors (Lipinski definition) is 2. The highest BCUT2D eigenvalue weighted by Gasteiger charge is 2.32. The van der Waals surface area contributed by atoms with E-state index in [9.17, 15) is 19.2 Å². The molecule has 15 nitrogen and oxygen atoms in total. The van der Waals surface area contributed by atoms with Crippen molar-refractivity contribution in [2.75, 3.05) is 54.4 Å². The Morgan fingerprint density at radius 3 is 2.40 bits per heavy atom. The van der Waals surface area contributed by atoms with Gasteiger partial charge in [-0.1, -0.05) is 67.1 Å². The number of carbonyl (C=O) groups excluding carboxylic acids is 4. The largest absolute Gasteiger partial charge is 0.490 e. The number of ether oxygens (including phenoxy) is 2. The number of rotatable bonds is 14. The number of para-hydroxylation sites is 1. The first kappa shape index (κ1) is 52.9. The SMILES string of the molecule is Cc1c(OC2CCC(CC[C@H](C)CN3CCN(c4nc5cc(C6CCC(=O)NC6=O)ccc5n4C)CC3)CC2)cccc1-c1ccc(N2CCc3cccc(C(=O)Nc4nc5ccccc5s4)c3C2)nc1C(=O)OC(C)(C)C. The average molecular weight is 1070 g/mol. The monoisotopic (exact) mass is 1070 g/mol. The molecule has 406 valence electrons. The average Bonchev–Trinajstić information content (AvgIpc) is 4.11. The number of nitrogens with zero attached hydrogens (tertiary/aromatic N) is 7. The Balaban J connectivity index is 0.685. The number of piperazine rings is 1. The number of benzene rings is 4. The minimum atomic E-state index is -0.732. The fraction of sp³-hybridized carbons (Fsp3) is 0.435. The smallest absolute Gasteiger partial charge is 0.358 e. The molecule has 6 heterocycles. The highest BCUT2D eigenvalue weighted by Crippen LogP contribution is 2.39. The lowest BCUT2D eigenvalue weighted by molar-refractivity contribution is -0.134. The molecule has 3 aliphatic heterocycles. The van der Waals surface area contributed by atoms with Crippen molar-refractivity contribution in [1.29, 1.82) is 0 Å². The van der Waals surface area contributed by atoms with Gasteiger partial charge < -0.3 is 23.8 Å². The molecule has 3 fully saturated rings. The van der Waals surface area contributed by atoms with Crippen LogP contribution in [0.4, 0.5) is 16.9 Å². The third-order valence-electron chi connectivity index (χ3n) is 16.3. The maximum atomic E-state index is 14.1. The van der Waals surface area contributed by atoms with E-state index in [0.717, 1.165) is 126 Å². The second-order valence-electron chi connectivity index (χ2n) is 23.0. The number of carbonyl (C=O) groups is 4. The van der Waals surface area contributed by atoms with Gasteiger partial charge in [-0.2, -0.15) is 0 Å². The van der Waals surface area contributed by atoms with Gasteiger partial charge in [0.05, 0.1) is 33.3 Å². The third kappa shape index (κ3) is 11.5. The summed E-state index contributed by atoms with van der Waals surface area (Å²) in [6, 6.07) is 29.8. The van der Waals surface area contributed by atoms with Crippen LogP contribution >= 0.6 is 11.3 Å². The van der Waals surface area contributed by atoms with E-state index >= 15 is 0 Å². The molecule has 1 unspecified atom stereocenters. The number of aryl methyl sites for hydroxylation is 1. The lowest BCUT2D eigenvalue weighted by Crippen LogP contribution is -2.48. The summed E-state index contributed by atoms with van der Waals surface area (Å²) in [7, 11) is 2.07. The fourth-order valence-electron chi connectivity index (χ4n) is 12.1. The van der Waals surface area contributed by atoms with Crippen molar-refractivity contribution in [2.45, 2.75) is 117 Å². The van der Waals surface area contributed by atoms with E-state index in [1.165, 1.54) is 24.2 Å². The molecule has 2 saturated heterocycles. The molecule has 1 saturated carbocycles. The zero-order chi connectivity index (χ0) is 54.2. The maximum Gasteiger partial charge on any atom is 0.358 e. The Morgan fingerprint density at radius 1 is 0.821 bits per heavy atom. The molecule has 2 atom stereocenters. The molecule has 4 aliphatic rings. The predicted molar refractivity (Wildman–Crippen MR) is 308 cm³/mol. The number of nitrogens with one attached hydrogen (secondary N) is 2. The van der Waals surface area contributed by atoms with Gasteiger partial charge in [0.1, 0.15) is 17.2 Å². The van der Waals surface area contributed by atoms with Crippen LogP contribution in [0.25, 0.3) is 32.4 Å². The van der Waals surface area contributed by atoms with Crippen molar-refractivity contribution in [3.63, 3.8) is 0 Å². The summed E-state index contributed by atoms with van der Waals surface area (Å²) >= 11 is 1.45. The third-order valence-corrected chi connectivity index (χ3v) is 17.3. The number of amides is 3. The molecule has 3 aromatic heterocycles. The van der Waals surface area contributed by atoms with Crippen LogP contribution in [0.15, 0.2) is 91.0 Å². The molecule has 4 aromatic carbocycles. The van der Waals surface area contributed by atoms with E-state index in [1.54, 1.807) is 0 Å². The van der Waals surface area contributed by atoms with Gasteiger partial charge in [-0.3, -0.25) is 29.9 Å². The number of imide groups is 1. The molecule has 7 aromatic rings. The van der Waals surface area contributed by atoms with Crippen LogP contribution in [0.3, 0.4) is 0 Å². The van der Waals surface area contributed by atoms with Crippen LogP contribution in [0, 0.1) is 18.8 Å². The van der Waals surface area contributed by atoms with Crippen molar-refractivity contribution in [2.24, 2.45) is 18.9 Å². The molecule has 78 heavy (non-hydrogen) atoms. The lowest BCUT2D eigenvalue weighted by atomic mass is 9.83. The number of esters is 1. The number of hydrogen-bond acceptors (Lipinski definition) is 13. The second-order valence-corrected chi connectivity index (χ2v) is 24.0. The van der Waals surface area contributed by atoms with E-state index in [2.05, 4.69) is 67.9 Å². The maximum absolute atomic E-state index is 14.1. The zero-order valence-electron chi connectivity index (χ0n) is 45.8. The highest BCUT2D eigenvalue weighted by molar-refractivity contribution is 7.22. The summed E-state index contributed by atoms with van der Waals surface area (Å²) in [4.78, 5) is 74.1. The molecular weight excluding hydrogens is 999 g/mol. The van der Waals surface area contributed by atoms with Gasteiger partial charge in [0.2, 0.25) is 17.8 Å². The molecule has 11 rings (SSSR count). The first-order valence-corrected chi connectivity index (χ1v) is 28.7. The van der Waals surface area contributed by atoms with E-state index < -0.39 is 11.6 Å². The number of pyridine rings is 1. The van der Waals surface area contributed by atoms with E-state index in [-0.39, 0.29) is 35.4 Å². The van der Waals surface area contributed by atoms with Crippen molar-refractivity contribution >= 4 is 73.2 Å². The Morgan fingerprint density at radius 2 is 1.62 bits per heavy atom. The minimum Gasteiger partial charge on any atom is -0.490 e. The van der Waals surface area contributed by atoms with Crippen molar-refractivity contribution < 1.29 is 28.7 Å². The van der Waals surface area contributed by atoms with E-state index in [0.29, 0.717) is 59.8 Å². The van der Waals surface area contributed by atoms with Crippen LogP contribution in [-0.4, -0.2) is 99.1 Å². The summed E-state index contributed by atoms with van der Waals surface area (Å²) in [6.07, 6.45) is 8.47. The summed E-state index contributed by atoms with van der Waals surface area (Å²) in [6.45, 7) is 16.1. The van der Waals surface area contributed by atoms with Crippen LogP contribution in [-0.2, 0) is 34.3 Å². The number of piperidine rings is 1. The molecular formula is C62H71N9O6S. The quantitative estimate of drug-likeness (QED) is 0.0784. The van der Waals surface area contributed by atoms with Gasteiger partial charge in [-0.05, 0) is 161 Å². The Kier molecular flexibility index (Phi) is 15.1. The molecule has 2 N–H and O–H groups in total. The summed E-state index contributed by atoms with van der Waals surface area (Å²) in [5.41, 5.74) is 8.36. The van der Waals surface area contributed by atoms with Crippen molar-refractivity contribution in [3.8, 4) is 16.9 Å².